The fraction of sp³-hybridized carbons (Fsp3) is 0.235. The van der Waals surface area contributed by atoms with E-state index in [1.165, 1.54) is 28.8 Å². The largest absolute Gasteiger partial charge is 0.324 e. The highest BCUT2D eigenvalue weighted by Gasteiger charge is 2.21. The van der Waals surface area contributed by atoms with E-state index >= 15 is 0 Å². The zero-order chi connectivity index (χ0) is 13.5. The molecule has 0 fully saturated rings. The van der Waals surface area contributed by atoms with Crippen LogP contribution in [0.2, 0.25) is 0 Å². The molecule has 2 heterocycles. The predicted octanol–water partition coefficient (Wildman–Crippen LogP) is 3.36. The summed E-state index contributed by atoms with van der Waals surface area (Å²) in [7, 11) is 0. The Kier molecular flexibility index (Phi) is 2.60. The molecule has 4 rings (SSSR count). The van der Waals surface area contributed by atoms with Crippen molar-refractivity contribution in [1.82, 2.24) is 9.55 Å². The molecule has 0 saturated heterocycles. The van der Waals surface area contributed by atoms with E-state index in [0.717, 1.165) is 18.4 Å². The number of hydrogen-bond acceptors (Lipinski definition) is 2. The van der Waals surface area contributed by atoms with Crippen molar-refractivity contribution < 1.29 is 0 Å². The Labute approximate surface area is 118 Å². The molecule has 1 aliphatic carbocycles. The number of rotatable bonds is 1. The van der Waals surface area contributed by atoms with Crippen LogP contribution in [-0.2, 0) is 6.42 Å². The summed E-state index contributed by atoms with van der Waals surface area (Å²) < 4.78 is 2.29. The molecule has 3 heteroatoms. The van der Waals surface area contributed by atoms with Crippen molar-refractivity contribution in [2.75, 3.05) is 0 Å². The minimum atomic E-state index is 0.188. The molecule has 0 spiro atoms. The molecule has 0 radical (unpaired) electrons. The van der Waals surface area contributed by atoms with Crippen LogP contribution in [-0.4, -0.2) is 9.55 Å². The lowest BCUT2D eigenvalue weighted by Gasteiger charge is -2.21. The lowest BCUT2D eigenvalue weighted by atomic mass is 9.93. The lowest BCUT2D eigenvalue weighted by molar-refractivity contribution is 0.560. The van der Waals surface area contributed by atoms with E-state index in [0.29, 0.717) is 0 Å². The van der Waals surface area contributed by atoms with Gasteiger partial charge in [-0.3, -0.25) is 4.98 Å². The molecule has 2 aromatic heterocycles. The van der Waals surface area contributed by atoms with Gasteiger partial charge in [-0.1, -0.05) is 6.07 Å². The highest BCUT2D eigenvalue weighted by molar-refractivity contribution is 5.87. The van der Waals surface area contributed by atoms with Gasteiger partial charge in [-0.15, -0.1) is 0 Å². The van der Waals surface area contributed by atoms with E-state index < -0.39 is 0 Å². The number of aromatic nitrogens is 2. The summed E-state index contributed by atoms with van der Waals surface area (Å²) in [5, 5.41) is 1.19. The fourth-order valence-electron chi connectivity index (χ4n) is 3.25. The number of hydrogen-bond donors (Lipinski definition) is 1. The third-order valence-electron chi connectivity index (χ3n) is 4.24. The molecule has 100 valence electrons. The Morgan fingerprint density at radius 3 is 3.05 bits per heavy atom. The maximum atomic E-state index is 6.22. The van der Waals surface area contributed by atoms with E-state index in [4.69, 9.17) is 5.73 Å². The van der Waals surface area contributed by atoms with Crippen molar-refractivity contribution in [3.05, 3.63) is 60.0 Å². The average Bonchev–Trinajstić information content (AvgIpc) is 2.92. The van der Waals surface area contributed by atoms with Crippen molar-refractivity contribution in [3.63, 3.8) is 0 Å². The van der Waals surface area contributed by atoms with Gasteiger partial charge in [0.2, 0.25) is 0 Å². The first-order valence-electron chi connectivity index (χ1n) is 7.14. The number of fused-ring (bicyclic) bond motifs is 2. The summed E-state index contributed by atoms with van der Waals surface area (Å²) in [6.07, 6.45) is 7.35. The molecule has 1 unspecified atom stereocenters. The second-order valence-electron chi connectivity index (χ2n) is 5.43. The molecule has 20 heavy (non-hydrogen) atoms. The van der Waals surface area contributed by atoms with Gasteiger partial charge in [0, 0.05) is 29.5 Å². The van der Waals surface area contributed by atoms with E-state index in [2.05, 4.69) is 46.1 Å². The monoisotopic (exact) mass is 263 g/mol. The summed E-state index contributed by atoms with van der Waals surface area (Å²) in [5.74, 6) is 0. The van der Waals surface area contributed by atoms with Crippen molar-refractivity contribution >= 4 is 10.9 Å². The second-order valence-corrected chi connectivity index (χ2v) is 5.43. The predicted molar refractivity (Wildman–Crippen MR) is 80.9 cm³/mol. The lowest BCUT2D eigenvalue weighted by Crippen LogP contribution is -2.17. The van der Waals surface area contributed by atoms with Crippen molar-refractivity contribution in [1.29, 1.82) is 0 Å². The summed E-state index contributed by atoms with van der Waals surface area (Å²) in [5.41, 5.74) is 11.1. The summed E-state index contributed by atoms with van der Waals surface area (Å²) >= 11 is 0. The Bertz CT molecular complexity index is 768. The van der Waals surface area contributed by atoms with Crippen LogP contribution in [0.4, 0.5) is 0 Å². The van der Waals surface area contributed by atoms with Gasteiger partial charge in [0.1, 0.15) is 0 Å². The average molecular weight is 263 g/mol. The molecule has 3 nitrogen and oxygen atoms in total. The molecule has 0 bridgehead atoms. The standard InChI is InChI=1S/C17H17N3/c18-14-5-1-7-16-12(14)9-11-20(16)17-8-2-6-15-13(17)4-3-10-19-15/h2-4,6,8-11,14H,1,5,7,18H2. The second kappa shape index (κ2) is 4.46. The molecule has 0 aliphatic heterocycles. The number of pyridine rings is 1. The molecule has 3 aromatic rings. The topological polar surface area (TPSA) is 43.8 Å². The van der Waals surface area contributed by atoms with Crippen LogP contribution in [0, 0.1) is 0 Å². The van der Waals surface area contributed by atoms with Crippen LogP contribution in [0.5, 0.6) is 0 Å². The quantitative estimate of drug-likeness (QED) is 0.731. The van der Waals surface area contributed by atoms with Crippen LogP contribution in [0.25, 0.3) is 16.6 Å². The Morgan fingerprint density at radius 1 is 1.15 bits per heavy atom. The van der Waals surface area contributed by atoms with Gasteiger partial charge in [-0.05, 0) is 55.2 Å². The molecule has 2 N–H and O–H groups in total. The number of nitrogens with two attached hydrogens (primary N) is 1. The van der Waals surface area contributed by atoms with Gasteiger partial charge in [-0.2, -0.15) is 0 Å². The van der Waals surface area contributed by atoms with Crippen molar-refractivity contribution in [2.24, 2.45) is 5.73 Å². The first kappa shape index (κ1) is 11.7. The van der Waals surface area contributed by atoms with Gasteiger partial charge >= 0.3 is 0 Å². The van der Waals surface area contributed by atoms with Gasteiger partial charge in [-0.25, -0.2) is 0 Å². The Morgan fingerprint density at radius 2 is 2.10 bits per heavy atom. The third-order valence-corrected chi connectivity index (χ3v) is 4.24. The van der Waals surface area contributed by atoms with Gasteiger partial charge in [0.25, 0.3) is 0 Å². The van der Waals surface area contributed by atoms with Crippen LogP contribution >= 0.6 is 0 Å². The molecule has 0 amide bonds. The first-order chi connectivity index (χ1) is 9.84. The summed E-state index contributed by atoms with van der Waals surface area (Å²) in [4.78, 5) is 4.44. The Balaban J connectivity index is 1.96. The van der Waals surface area contributed by atoms with Crippen molar-refractivity contribution in [3.8, 4) is 5.69 Å². The zero-order valence-corrected chi connectivity index (χ0v) is 11.3. The van der Waals surface area contributed by atoms with Crippen LogP contribution in [0.3, 0.4) is 0 Å². The fourth-order valence-corrected chi connectivity index (χ4v) is 3.25. The SMILES string of the molecule is NC1CCCc2c1ccn2-c1cccc2ncccc12. The highest BCUT2D eigenvalue weighted by Crippen LogP contribution is 2.32. The summed E-state index contributed by atoms with van der Waals surface area (Å²) in [6.45, 7) is 0. The normalized spacial score (nSPS) is 18.1. The smallest absolute Gasteiger partial charge is 0.0723 e. The summed E-state index contributed by atoms with van der Waals surface area (Å²) in [6, 6.07) is 12.8. The minimum absolute atomic E-state index is 0.188. The Hall–Kier alpha value is -2.13. The molecule has 1 aromatic carbocycles. The zero-order valence-electron chi connectivity index (χ0n) is 11.3. The molecular formula is C17H17N3. The van der Waals surface area contributed by atoms with E-state index in [1.54, 1.807) is 0 Å². The maximum absolute atomic E-state index is 6.22. The van der Waals surface area contributed by atoms with Crippen LogP contribution in [0.15, 0.2) is 48.8 Å². The van der Waals surface area contributed by atoms with E-state index in [1.807, 2.05) is 12.3 Å². The van der Waals surface area contributed by atoms with Gasteiger partial charge in [0.05, 0.1) is 11.2 Å². The van der Waals surface area contributed by atoms with Gasteiger partial charge < -0.3 is 10.3 Å². The molecule has 1 atom stereocenters. The van der Waals surface area contributed by atoms with Gasteiger partial charge in [0.15, 0.2) is 0 Å². The van der Waals surface area contributed by atoms with Crippen LogP contribution < -0.4 is 5.73 Å². The minimum Gasteiger partial charge on any atom is -0.324 e. The van der Waals surface area contributed by atoms with Crippen LogP contribution in [0.1, 0.15) is 30.1 Å². The van der Waals surface area contributed by atoms with E-state index in [9.17, 15) is 0 Å². The third kappa shape index (κ3) is 1.67. The first-order valence-corrected chi connectivity index (χ1v) is 7.14. The molecule has 0 saturated carbocycles. The number of benzene rings is 1. The number of nitrogens with zero attached hydrogens (tertiary/aromatic N) is 2. The maximum Gasteiger partial charge on any atom is 0.0723 e. The molecule has 1 aliphatic rings. The van der Waals surface area contributed by atoms with E-state index in [-0.39, 0.29) is 6.04 Å². The molecular weight excluding hydrogens is 246 g/mol. The van der Waals surface area contributed by atoms with Crippen molar-refractivity contribution in [2.45, 2.75) is 25.3 Å². The highest BCUT2D eigenvalue weighted by atomic mass is 15.0.